The van der Waals surface area contributed by atoms with Crippen molar-refractivity contribution in [3.05, 3.63) is 52.7 Å². The molecule has 106 valence electrons. The van der Waals surface area contributed by atoms with E-state index in [0.717, 1.165) is 12.2 Å². The zero-order valence-electron chi connectivity index (χ0n) is 11.6. The van der Waals surface area contributed by atoms with Gasteiger partial charge in [-0.1, -0.05) is 37.6 Å². The minimum absolute atomic E-state index is 0.205. The molecular formula is C16H18ClNO2. The summed E-state index contributed by atoms with van der Waals surface area (Å²) in [6.45, 7) is 4.16. The van der Waals surface area contributed by atoms with Crippen LogP contribution in [0.1, 0.15) is 37.4 Å². The molecule has 0 amide bonds. The number of nitrogens with zero attached hydrogens (tertiary/aromatic N) is 1. The second-order valence-corrected chi connectivity index (χ2v) is 5.12. The fourth-order valence-electron chi connectivity index (χ4n) is 1.85. The van der Waals surface area contributed by atoms with Crippen LogP contribution < -0.4 is 4.74 Å². The summed E-state index contributed by atoms with van der Waals surface area (Å²) in [5.41, 5.74) is 1.71. The minimum atomic E-state index is -0.205. The van der Waals surface area contributed by atoms with Crippen LogP contribution in [0.4, 0.5) is 0 Å². The third kappa shape index (κ3) is 3.50. The Morgan fingerprint density at radius 1 is 1.20 bits per heavy atom. The summed E-state index contributed by atoms with van der Waals surface area (Å²) in [4.78, 5) is 4.16. The van der Waals surface area contributed by atoms with Crippen LogP contribution >= 0.6 is 11.6 Å². The minimum Gasteiger partial charge on any atom is -0.439 e. The van der Waals surface area contributed by atoms with E-state index in [1.807, 2.05) is 12.1 Å². The van der Waals surface area contributed by atoms with Gasteiger partial charge in [0.1, 0.15) is 5.75 Å². The highest BCUT2D eigenvalue weighted by atomic mass is 35.5. The normalized spacial score (nSPS) is 12.2. The average molecular weight is 292 g/mol. The molecule has 0 spiro atoms. The van der Waals surface area contributed by atoms with Crippen LogP contribution in [0.2, 0.25) is 5.02 Å². The van der Waals surface area contributed by atoms with Crippen LogP contribution in [0.3, 0.4) is 0 Å². The highest BCUT2D eigenvalue weighted by Gasteiger charge is 2.06. The number of hydrogen-bond acceptors (Lipinski definition) is 3. The highest BCUT2D eigenvalue weighted by molar-refractivity contribution is 6.31. The molecule has 3 nitrogen and oxygen atoms in total. The van der Waals surface area contributed by atoms with Gasteiger partial charge in [-0.05, 0) is 36.1 Å². The van der Waals surface area contributed by atoms with Gasteiger partial charge in [0.15, 0.2) is 0 Å². The van der Waals surface area contributed by atoms with Crippen molar-refractivity contribution in [3.63, 3.8) is 0 Å². The number of rotatable bonds is 5. The van der Waals surface area contributed by atoms with E-state index < -0.39 is 0 Å². The van der Waals surface area contributed by atoms with E-state index in [9.17, 15) is 0 Å². The number of aromatic nitrogens is 1. The first-order chi connectivity index (χ1) is 9.63. The van der Waals surface area contributed by atoms with Gasteiger partial charge in [0, 0.05) is 6.07 Å². The molecule has 0 fully saturated rings. The molecule has 20 heavy (non-hydrogen) atoms. The van der Waals surface area contributed by atoms with E-state index in [2.05, 4.69) is 31.0 Å². The van der Waals surface area contributed by atoms with E-state index in [-0.39, 0.29) is 6.61 Å². The average Bonchev–Trinajstić information content (AvgIpc) is 2.49. The van der Waals surface area contributed by atoms with Crippen LogP contribution in [0, 0.1) is 0 Å². The summed E-state index contributed by atoms with van der Waals surface area (Å²) in [7, 11) is 0. The SMILES string of the molecule is CCC(C)c1ccc(Oc2ccc(Cl)c(CO)n2)cc1. The number of halogens is 1. The van der Waals surface area contributed by atoms with Crippen LogP contribution in [-0.2, 0) is 6.61 Å². The van der Waals surface area contributed by atoms with E-state index in [4.69, 9.17) is 21.4 Å². The van der Waals surface area contributed by atoms with Gasteiger partial charge in [-0.25, -0.2) is 4.98 Å². The Balaban J connectivity index is 2.14. The Bertz CT molecular complexity index is 569. The second kappa shape index (κ2) is 6.73. The van der Waals surface area contributed by atoms with Crippen LogP contribution in [0.25, 0.3) is 0 Å². The van der Waals surface area contributed by atoms with Crippen molar-refractivity contribution in [3.8, 4) is 11.6 Å². The predicted octanol–water partition coefficient (Wildman–Crippen LogP) is 4.53. The summed E-state index contributed by atoms with van der Waals surface area (Å²) in [6.07, 6.45) is 1.11. The number of hydrogen-bond donors (Lipinski definition) is 1. The van der Waals surface area contributed by atoms with E-state index in [1.165, 1.54) is 5.56 Å². The molecular weight excluding hydrogens is 274 g/mol. The monoisotopic (exact) mass is 291 g/mol. The molecule has 0 aliphatic carbocycles. The molecule has 0 saturated heterocycles. The molecule has 1 atom stereocenters. The maximum absolute atomic E-state index is 9.13. The fraction of sp³-hybridized carbons (Fsp3) is 0.312. The molecule has 1 heterocycles. The fourth-order valence-corrected chi connectivity index (χ4v) is 2.02. The molecule has 0 bridgehead atoms. The zero-order chi connectivity index (χ0) is 14.5. The van der Waals surface area contributed by atoms with Gasteiger partial charge in [-0.15, -0.1) is 0 Å². The standard InChI is InChI=1S/C16H18ClNO2/c1-3-11(2)12-4-6-13(7-5-12)20-16-9-8-14(17)15(10-19)18-16/h4-9,11,19H,3,10H2,1-2H3. The number of benzene rings is 1. The molecule has 1 unspecified atom stereocenters. The Morgan fingerprint density at radius 2 is 1.90 bits per heavy atom. The largest absolute Gasteiger partial charge is 0.439 e. The molecule has 1 aromatic carbocycles. The van der Waals surface area contributed by atoms with Crippen LogP contribution in [0.5, 0.6) is 11.6 Å². The maximum atomic E-state index is 9.13. The highest BCUT2D eigenvalue weighted by Crippen LogP contribution is 2.26. The Morgan fingerprint density at radius 3 is 2.50 bits per heavy atom. The van der Waals surface area contributed by atoms with E-state index >= 15 is 0 Å². The van der Waals surface area contributed by atoms with Gasteiger partial charge in [0.25, 0.3) is 0 Å². The maximum Gasteiger partial charge on any atom is 0.219 e. The third-order valence-corrected chi connectivity index (χ3v) is 3.67. The van der Waals surface area contributed by atoms with Crippen molar-refractivity contribution in [2.75, 3.05) is 0 Å². The lowest BCUT2D eigenvalue weighted by Crippen LogP contribution is -1.95. The van der Waals surface area contributed by atoms with Crippen molar-refractivity contribution in [1.29, 1.82) is 0 Å². The first-order valence-electron chi connectivity index (χ1n) is 6.68. The van der Waals surface area contributed by atoms with E-state index in [1.54, 1.807) is 12.1 Å². The lowest BCUT2D eigenvalue weighted by Gasteiger charge is -2.10. The van der Waals surface area contributed by atoms with Crippen molar-refractivity contribution in [1.82, 2.24) is 4.98 Å². The summed E-state index contributed by atoms with van der Waals surface area (Å²) in [5.74, 6) is 1.68. The Hall–Kier alpha value is -1.58. The van der Waals surface area contributed by atoms with Crippen molar-refractivity contribution < 1.29 is 9.84 Å². The molecule has 4 heteroatoms. The summed E-state index contributed by atoms with van der Waals surface area (Å²) < 4.78 is 5.66. The van der Waals surface area contributed by atoms with Crippen molar-refractivity contribution >= 4 is 11.6 Å². The predicted molar refractivity (Wildman–Crippen MR) is 80.4 cm³/mol. The Labute approximate surface area is 124 Å². The third-order valence-electron chi connectivity index (χ3n) is 3.33. The number of pyridine rings is 1. The smallest absolute Gasteiger partial charge is 0.219 e. The van der Waals surface area contributed by atoms with Gasteiger partial charge in [-0.3, -0.25) is 0 Å². The van der Waals surface area contributed by atoms with E-state index in [0.29, 0.717) is 22.5 Å². The Kier molecular flexibility index (Phi) is 4.99. The van der Waals surface area contributed by atoms with Gasteiger partial charge in [-0.2, -0.15) is 0 Å². The quantitative estimate of drug-likeness (QED) is 0.880. The molecule has 0 saturated carbocycles. The molecule has 1 N–H and O–H groups in total. The lowest BCUT2D eigenvalue weighted by molar-refractivity contribution is 0.275. The molecule has 2 rings (SSSR count). The molecule has 0 radical (unpaired) electrons. The van der Waals surface area contributed by atoms with Gasteiger partial charge in [0.2, 0.25) is 5.88 Å². The van der Waals surface area contributed by atoms with Gasteiger partial charge < -0.3 is 9.84 Å². The first kappa shape index (κ1) is 14.8. The summed E-state index contributed by atoms with van der Waals surface area (Å²) >= 11 is 5.89. The van der Waals surface area contributed by atoms with Crippen LogP contribution in [-0.4, -0.2) is 10.1 Å². The number of aliphatic hydroxyl groups is 1. The molecule has 0 aliphatic rings. The summed E-state index contributed by atoms with van der Waals surface area (Å²) in [5, 5.41) is 9.57. The topological polar surface area (TPSA) is 42.4 Å². The molecule has 1 aromatic heterocycles. The lowest BCUT2D eigenvalue weighted by atomic mass is 9.99. The van der Waals surface area contributed by atoms with Gasteiger partial charge >= 0.3 is 0 Å². The molecule has 0 aliphatic heterocycles. The van der Waals surface area contributed by atoms with Crippen LogP contribution in [0.15, 0.2) is 36.4 Å². The van der Waals surface area contributed by atoms with Crippen molar-refractivity contribution in [2.24, 2.45) is 0 Å². The van der Waals surface area contributed by atoms with Gasteiger partial charge in [0.05, 0.1) is 17.3 Å². The summed E-state index contributed by atoms with van der Waals surface area (Å²) in [6, 6.07) is 11.3. The second-order valence-electron chi connectivity index (χ2n) is 4.72. The molecule has 2 aromatic rings. The number of ether oxygens (including phenoxy) is 1. The first-order valence-corrected chi connectivity index (χ1v) is 7.06. The van der Waals surface area contributed by atoms with Crippen molar-refractivity contribution in [2.45, 2.75) is 32.8 Å². The number of aliphatic hydroxyl groups excluding tert-OH is 1. The zero-order valence-corrected chi connectivity index (χ0v) is 12.4.